The molecule has 6 nitrogen and oxygen atoms in total. The largest absolute Gasteiger partial charge is 0.480 e. The maximum Gasteiger partial charge on any atom is 0.199 e. The zero-order valence-electron chi connectivity index (χ0n) is 22.6. The van der Waals surface area contributed by atoms with Gasteiger partial charge < -0.3 is 18.9 Å². The lowest BCUT2D eigenvalue weighted by Crippen LogP contribution is -2.25. The summed E-state index contributed by atoms with van der Waals surface area (Å²) in [4.78, 5) is 0. The Morgan fingerprint density at radius 2 is 1.75 bits per heavy atom. The molecule has 1 aromatic heterocycles. The summed E-state index contributed by atoms with van der Waals surface area (Å²) in [5, 5.41) is 5.89. The molecule has 2 saturated heterocycles. The van der Waals surface area contributed by atoms with Gasteiger partial charge >= 0.3 is 0 Å². The van der Waals surface area contributed by atoms with Crippen LogP contribution in [-0.2, 0) is 9.47 Å². The zero-order chi connectivity index (χ0) is 27.1. The topological polar surface area (TPSA) is 54.7 Å². The molecule has 3 aromatic carbocycles. The van der Waals surface area contributed by atoms with Crippen LogP contribution in [0.25, 0.3) is 22.0 Å². The fourth-order valence-corrected chi connectivity index (χ4v) is 6.54. The summed E-state index contributed by atoms with van der Waals surface area (Å²) in [7, 11) is 0. The number of halogens is 1. The van der Waals surface area contributed by atoms with Crippen molar-refractivity contribution in [1.29, 1.82) is 0 Å². The van der Waals surface area contributed by atoms with E-state index in [1.807, 2.05) is 16.9 Å². The Balaban J connectivity index is 1.35. The van der Waals surface area contributed by atoms with Crippen LogP contribution in [0.3, 0.4) is 0 Å². The Morgan fingerprint density at radius 1 is 0.925 bits per heavy atom. The van der Waals surface area contributed by atoms with Crippen molar-refractivity contribution in [2.24, 2.45) is 0 Å². The number of ether oxygens (including phenoxy) is 4. The van der Waals surface area contributed by atoms with Gasteiger partial charge in [0.2, 0.25) is 0 Å². The van der Waals surface area contributed by atoms with Crippen LogP contribution in [-0.4, -0.2) is 29.3 Å². The fraction of sp³-hybridized carbons (Fsp3) is 0.364. The molecule has 0 N–H and O–H groups in total. The van der Waals surface area contributed by atoms with Gasteiger partial charge in [0, 0.05) is 33.1 Å². The smallest absolute Gasteiger partial charge is 0.199 e. The van der Waals surface area contributed by atoms with Crippen molar-refractivity contribution in [1.82, 2.24) is 9.78 Å². The van der Waals surface area contributed by atoms with E-state index in [0.717, 1.165) is 96.4 Å². The molecule has 0 bridgehead atoms. The SMILES string of the molecule is CC1=C(c2cccc(OC3CCCCO3)c2)C(c2ccc(I)cc2)Oc2ccc3c(cnn3C3CCCCO3)c21. The van der Waals surface area contributed by atoms with Gasteiger partial charge in [-0.3, -0.25) is 0 Å². The van der Waals surface area contributed by atoms with E-state index < -0.39 is 0 Å². The van der Waals surface area contributed by atoms with Crippen LogP contribution in [0.2, 0.25) is 0 Å². The minimum Gasteiger partial charge on any atom is -0.480 e. The number of benzene rings is 3. The zero-order valence-corrected chi connectivity index (χ0v) is 24.8. The molecule has 7 heteroatoms. The number of rotatable bonds is 5. The second-order valence-corrected chi connectivity index (χ2v) is 12.1. The normalized spacial score (nSPS) is 23.1. The Bertz CT molecular complexity index is 1550. The third kappa shape index (κ3) is 4.92. The number of fused-ring (bicyclic) bond motifs is 3. The number of allylic oxidation sites excluding steroid dienone is 1. The van der Waals surface area contributed by atoms with Crippen molar-refractivity contribution in [3.63, 3.8) is 0 Å². The van der Waals surface area contributed by atoms with E-state index in [4.69, 9.17) is 24.0 Å². The van der Waals surface area contributed by atoms with Crippen molar-refractivity contribution < 1.29 is 18.9 Å². The molecule has 0 spiro atoms. The highest BCUT2D eigenvalue weighted by molar-refractivity contribution is 14.1. The van der Waals surface area contributed by atoms with Gasteiger partial charge in [0.1, 0.15) is 17.6 Å². The second kappa shape index (κ2) is 11.2. The third-order valence-electron chi connectivity index (χ3n) is 8.18. The van der Waals surface area contributed by atoms with Crippen molar-refractivity contribution in [3.05, 3.63) is 87.1 Å². The molecule has 7 rings (SSSR count). The quantitative estimate of drug-likeness (QED) is 0.204. The van der Waals surface area contributed by atoms with E-state index in [0.29, 0.717) is 0 Å². The average molecular weight is 649 g/mol. The van der Waals surface area contributed by atoms with E-state index >= 15 is 0 Å². The summed E-state index contributed by atoms with van der Waals surface area (Å²) in [6.07, 6.45) is 7.90. The first kappa shape index (κ1) is 26.0. The Morgan fingerprint density at radius 3 is 2.52 bits per heavy atom. The molecule has 40 heavy (non-hydrogen) atoms. The summed E-state index contributed by atoms with van der Waals surface area (Å²) in [5.41, 5.74) is 6.70. The molecule has 0 aliphatic carbocycles. The van der Waals surface area contributed by atoms with Crippen LogP contribution in [0.4, 0.5) is 0 Å². The lowest BCUT2D eigenvalue weighted by Gasteiger charge is -2.32. The maximum atomic E-state index is 6.85. The molecule has 3 aliphatic rings. The van der Waals surface area contributed by atoms with E-state index in [9.17, 15) is 0 Å². The first-order chi connectivity index (χ1) is 19.7. The number of nitrogens with zero attached hydrogens (tertiary/aromatic N) is 2. The first-order valence-corrected chi connectivity index (χ1v) is 15.4. The second-order valence-electron chi connectivity index (χ2n) is 10.8. The highest BCUT2D eigenvalue weighted by Gasteiger charge is 2.32. The van der Waals surface area contributed by atoms with Gasteiger partial charge in [-0.1, -0.05) is 24.3 Å². The molecule has 3 unspecified atom stereocenters. The van der Waals surface area contributed by atoms with Crippen LogP contribution in [0.1, 0.15) is 74.5 Å². The summed E-state index contributed by atoms with van der Waals surface area (Å²) >= 11 is 2.35. The fourth-order valence-electron chi connectivity index (χ4n) is 6.18. The molecule has 0 amide bonds. The van der Waals surface area contributed by atoms with E-state index in [1.54, 1.807) is 0 Å². The Hall–Kier alpha value is -2.88. The van der Waals surface area contributed by atoms with E-state index in [1.165, 1.54) is 9.14 Å². The molecule has 3 aliphatic heterocycles. The molecule has 2 fully saturated rings. The van der Waals surface area contributed by atoms with Crippen LogP contribution < -0.4 is 9.47 Å². The number of hydrogen-bond donors (Lipinski definition) is 0. The van der Waals surface area contributed by atoms with Gasteiger partial charge in [-0.25, -0.2) is 4.68 Å². The minimum absolute atomic E-state index is 0.0204. The van der Waals surface area contributed by atoms with Crippen molar-refractivity contribution in [2.75, 3.05) is 13.2 Å². The lowest BCUT2D eigenvalue weighted by molar-refractivity contribution is -0.105. The predicted octanol–water partition coefficient (Wildman–Crippen LogP) is 8.31. The van der Waals surface area contributed by atoms with Crippen molar-refractivity contribution in [3.8, 4) is 11.5 Å². The Kier molecular flexibility index (Phi) is 7.28. The number of aromatic nitrogens is 2. The minimum atomic E-state index is -0.250. The van der Waals surface area contributed by atoms with Gasteiger partial charge in [0.25, 0.3) is 0 Å². The van der Waals surface area contributed by atoms with Crippen molar-refractivity contribution >= 4 is 44.6 Å². The summed E-state index contributed by atoms with van der Waals surface area (Å²) in [6.45, 7) is 3.75. The molecule has 3 atom stereocenters. The highest BCUT2D eigenvalue weighted by Crippen LogP contribution is 2.49. The summed E-state index contributed by atoms with van der Waals surface area (Å²) in [5.74, 6) is 1.70. The monoisotopic (exact) mass is 648 g/mol. The number of hydrogen-bond acceptors (Lipinski definition) is 5. The predicted molar refractivity (Wildman–Crippen MR) is 164 cm³/mol. The average Bonchev–Trinajstić information content (AvgIpc) is 3.43. The maximum absolute atomic E-state index is 6.85. The van der Waals surface area contributed by atoms with Crippen LogP contribution >= 0.6 is 22.6 Å². The van der Waals surface area contributed by atoms with Crippen LogP contribution in [0.15, 0.2) is 66.9 Å². The Labute approximate surface area is 248 Å². The first-order valence-electron chi connectivity index (χ1n) is 14.3. The van der Waals surface area contributed by atoms with E-state index in [2.05, 4.69) is 84.1 Å². The molecule has 0 saturated carbocycles. The van der Waals surface area contributed by atoms with Gasteiger partial charge in [0.05, 0.1) is 18.3 Å². The molecule has 206 valence electrons. The standard InChI is InChI=1S/C33H33IN2O4/c1-21-31(23-7-6-8-25(19-23)39-30-10-3-5-18-38-30)33(22-11-13-24(34)14-12-22)40-28-16-15-27-26(32(21)28)20-35-36(27)29-9-2-4-17-37-29/h6-8,11-16,19-20,29-30,33H,2-5,9-10,17-18H2,1H3. The van der Waals surface area contributed by atoms with E-state index in [-0.39, 0.29) is 18.6 Å². The molecular weight excluding hydrogens is 615 g/mol. The van der Waals surface area contributed by atoms with Gasteiger partial charge in [-0.05, 0) is 115 Å². The lowest BCUT2D eigenvalue weighted by atomic mass is 9.85. The summed E-state index contributed by atoms with van der Waals surface area (Å²) in [6, 6.07) is 21.2. The molecule has 4 aromatic rings. The van der Waals surface area contributed by atoms with Gasteiger partial charge in [-0.15, -0.1) is 0 Å². The molecular formula is C33H33IN2O4. The summed E-state index contributed by atoms with van der Waals surface area (Å²) < 4.78 is 28.3. The molecule has 4 heterocycles. The third-order valence-corrected chi connectivity index (χ3v) is 8.90. The molecule has 0 radical (unpaired) electrons. The van der Waals surface area contributed by atoms with Gasteiger partial charge in [-0.2, -0.15) is 5.10 Å². The van der Waals surface area contributed by atoms with Gasteiger partial charge in [0.15, 0.2) is 12.5 Å². The van der Waals surface area contributed by atoms with Crippen LogP contribution in [0, 0.1) is 3.57 Å². The highest BCUT2D eigenvalue weighted by atomic mass is 127. The van der Waals surface area contributed by atoms with Crippen LogP contribution in [0.5, 0.6) is 11.5 Å². The van der Waals surface area contributed by atoms with Crippen molar-refractivity contribution in [2.45, 2.75) is 64.1 Å².